The van der Waals surface area contributed by atoms with Gasteiger partial charge in [-0.15, -0.1) is 23.5 Å². The average Bonchev–Trinajstić information content (AvgIpc) is 3.01. The average molecular weight is 492 g/mol. The highest BCUT2D eigenvalue weighted by atomic mass is 35.5. The number of aliphatic carboxylic acids is 1. The van der Waals surface area contributed by atoms with Crippen molar-refractivity contribution < 1.29 is 24.7 Å². The fourth-order valence-corrected chi connectivity index (χ4v) is 6.05. The maximum atomic E-state index is 12.6. The van der Waals surface area contributed by atoms with Crippen LogP contribution in [0.1, 0.15) is 5.69 Å². The molecule has 0 aromatic carbocycles. The highest BCUT2D eigenvalue weighted by molar-refractivity contribution is 8.06. The van der Waals surface area contributed by atoms with Gasteiger partial charge in [0.1, 0.15) is 33.0 Å². The van der Waals surface area contributed by atoms with Crippen LogP contribution in [0.3, 0.4) is 0 Å². The standard InChI is InChI=1S/C14H14ClN7O5S3/c15-9-5(20-14(18)30-9)6(21-27)10(23)19-7-11(24)22-8(13(25)26)3(1-29-12(7)22)28-2-4(16)17/h7,12,27H,1-2H2,(H3,16,17)(H2,18,20)(H,19,23)(H,25,26)/b21-6-/t7?,12-/m1/s1. The molecular weight excluding hydrogens is 478 g/mol. The number of amides is 2. The molecular formula is C14H14ClN7O5S3. The molecule has 0 bridgehead atoms. The van der Waals surface area contributed by atoms with E-state index in [1.54, 1.807) is 0 Å². The summed E-state index contributed by atoms with van der Waals surface area (Å²) >= 11 is 9.13. The number of aromatic nitrogens is 1. The number of amidine groups is 1. The molecule has 3 rings (SSSR count). The van der Waals surface area contributed by atoms with E-state index in [1.807, 2.05) is 0 Å². The third-order valence-corrected chi connectivity index (χ3v) is 7.65. The van der Waals surface area contributed by atoms with Gasteiger partial charge in [0.15, 0.2) is 10.8 Å². The topological polar surface area (TPSA) is 208 Å². The number of hydrogen-bond donors (Lipinski definition) is 6. The summed E-state index contributed by atoms with van der Waals surface area (Å²) in [6.45, 7) is 0. The molecule has 1 unspecified atom stereocenters. The van der Waals surface area contributed by atoms with Crippen molar-refractivity contribution >= 4 is 80.9 Å². The molecule has 160 valence electrons. The highest BCUT2D eigenvalue weighted by Crippen LogP contribution is 2.43. The van der Waals surface area contributed by atoms with Gasteiger partial charge in [0, 0.05) is 10.7 Å². The van der Waals surface area contributed by atoms with Gasteiger partial charge < -0.3 is 27.1 Å². The summed E-state index contributed by atoms with van der Waals surface area (Å²) in [5.74, 6) is -2.63. The molecule has 1 fully saturated rings. The number of nitrogens with one attached hydrogen (secondary N) is 2. The zero-order valence-corrected chi connectivity index (χ0v) is 18.0. The summed E-state index contributed by atoms with van der Waals surface area (Å²) in [5, 5.41) is 30.8. The molecule has 0 spiro atoms. The Bertz CT molecular complexity index is 1010. The number of nitrogen functional groups attached to an aromatic ring is 1. The number of nitrogens with two attached hydrogens (primary N) is 2. The predicted molar refractivity (Wildman–Crippen MR) is 114 cm³/mol. The minimum atomic E-state index is -1.30. The third kappa shape index (κ3) is 4.05. The summed E-state index contributed by atoms with van der Waals surface area (Å²) in [7, 11) is 0. The van der Waals surface area contributed by atoms with Crippen LogP contribution < -0.4 is 16.8 Å². The quantitative estimate of drug-likeness (QED) is 0.0981. The van der Waals surface area contributed by atoms with Crippen LogP contribution in [0.4, 0.5) is 5.13 Å². The summed E-state index contributed by atoms with van der Waals surface area (Å²) in [4.78, 5) is 42.2. The van der Waals surface area contributed by atoms with Crippen LogP contribution in [-0.4, -0.2) is 72.5 Å². The Hall–Kier alpha value is -2.49. The summed E-state index contributed by atoms with van der Waals surface area (Å²) in [5.41, 5.74) is 9.99. The number of hydrogen-bond acceptors (Lipinski definition) is 11. The number of thioether (sulfide) groups is 2. The predicted octanol–water partition coefficient (Wildman–Crippen LogP) is -0.0777. The SMILES string of the molecule is N=C(N)CSC1=C(C(=O)O)N2C(=O)C(NC(=O)/C(=N\O)c3nc(N)sc3Cl)[C@H]2SC1. The number of halogens is 1. The fraction of sp³-hybridized carbons (Fsp3) is 0.286. The number of carboxylic acid groups (broad SMARTS) is 1. The van der Waals surface area contributed by atoms with E-state index >= 15 is 0 Å². The Morgan fingerprint density at radius 2 is 2.20 bits per heavy atom. The van der Waals surface area contributed by atoms with Crippen molar-refractivity contribution in [3.63, 3.8) is 0 Å². The van der Waals surface area contributed by atoms with E-state index in [1.165, 1.54) is 11.8 Å². The monoisotopic (exact) mass is 491 g/mol. The van der Waals surface area contributed by atoms with Crippen LogP contribution in [-0.2, 0) is 14.4 Å². The van der Waals surface area contributed by atoms with Gasteiger partial charge in [0.05, 0.1) is 5.75 Å². The molecule has 0 saturated carbocycles. The lowest BCUT2D eigenvalue weighted by molar-refractivity contribution is -0.150. The van der Waals surface area contributed by atoms with Crippen molar-refractivity contribution in [3.05, 3.63) is 20.6 Å². The van der Waals surface area contributed by atoms with Crippen LogP contribution in [0.2, 0.25) is 4.34 Å². The third-order valence-electron chi connectivity index (χ3n) is 3.97. The van der Waals surface area contributed by atoms with Crippen molar-refractivity contribution in [2.45, 2.75) is 11.4 Å². The van der Waals surface area contributed by atoms with E-state index in [0.29, 0.717) is 4.91 Å². The molecule has 0 radical (unpaired) electrons. The van der Waals surface area contributed by atoms with E-state index in [-0.39, 0.29) is 38.2 Å². The molecule has 0 aliphatic carbocycles. The van der Waals surface area contributed by atoms with E-state index in [2.05, 4.69) is 15.5 Å². The fourth-order valence-electron chi connectivity index (χ4n) is 2.74. The number of thiazole rings is 1. The lowest BCUT2D eigenvalue weighted by Crippen LogP contribution is -2.71. The molecule has 2 aliphatic heterocycles. The van der Waals surface area contributed by atoms with E-state index < -0.39 is 34.9 Å². The highest BCUT2D eigenvalue weighted by Gasteiger charge is 2.54. The number of carboxylic acids is 1. The first-order valence-electron chi connectivity index (χ1n) is 7.97. The first kappa shape index (κ1) is 22.2. The number of β-lactam (4-membered cyclic amide) rings is 1. The van der Waals surface area contributed by atoms with Crippen molar-refractivity contribution in [1.29, 1.82) is 5.41 Å². The smallest absolute Gasteiger partial charge is 0.353 e. The Morgan fingerprint density at radius 3 is 2.73 bits per heavy atom. The molecule has 3 heterocycles. The van der Waals surface area contributed by atoms with E-state index in [0.717, 1.165) is 28.0 Å². The molecule has 12 nitrogen and oxygen atoms in total. The van der Waals surface area contributed by atoms with Crippen LogP contribution in [0.25, 0.3) is 0 Å². The van der Waals surface area contributed by atoms with Crippen LogP contribution in [0, 0.1) is 5.41 Å². The maximum Gasteiger partial charge on any atom is 0.353 e. The number of rotatable bonds is 7. The molecule has 2 amide bonds. The molecule has 1 aromatic rings. The zero-order valence-electron chi connectivity index (χ0n) is 14.8. The van der Waals surface area contributed by atoms with Gasteiger partial charge >= 0.3 is 5.97 Å². The molecule has 2 aliphatic rings. The molecule has 30 heavy (non-hydrogen) atoms. The lowest BCUT2D eigenvalue weighted by atomic mass is 10.0. The van der Waals surface area contributed by atoms with Crippen molar-refractivity contribution in [3.8, 4) is 0 Å². The zero-order chi connectivity index (χ0) is 22.2. The van der Waals surface area contributed by atoms with E-state index in [4.69, 9.17) is 28.5 Å². The maximum absolute atomic E-state index is 12.6. The Balaban J connectivity index is 1.78. The van der Waals surface area contributed by atoms with Gasteiger partial charge in [-0.05, 0) is 0 Å². The van der Waals surface area contributed by atoms with Gasteiger partial charge in [-0.3, -0.25) is 19.9 Å². The Morgan fingerprint density at radius 1 is 1.50 bits per heavy atom. The summed E-state index contributed by atoms with van der Waals surface area (Å²) in [6, 6.07) is -1.04. The van der Waals surface area contributed by atoms with Crippen molar-refractivity contribution in [2.75, 3.05) is 17.2 Å². The second kappa shape index (κ2) is 8.71. The minimum Gasteiger partial charge on any atom is -0.477 e. The number of carbonyl (C=O) groups excluding carboxylic acids is 2. The van der Waals surface area contributed by atoms with Crippen LogP contribution in [0.15, 0.2) is 15.8 Å². The Kier molecular flexibility index (Phi) is 6.44. The first-order valence-corrected chi connectivity index (χ1v) is 11.2. The van der Waals surface area contributed by atoms with Crippen LogP contribution >= 0.6 is 46.5 Å². The second-order valence-electron chi connectivity index (χ2n) is 5.87. The normalized spacial score (nSPS) is 21.2. The van der Waals surface area contributed by atoms with E-state index in [9.17, 15) is 24.7 Å². The number of carbonyl (C=O) groups is 3. The van der Waals surface area contributed by atoms with Gasteiger partial charge in [0.2, 0.25) is 0 Å². The number of fused-ring (bicyclic) bond motifs is 1. The molecule has 1 aromatic heterocycles. The summed E-state index contributed by atoms with van der Waals surface area (Å²) < 4.78 is 0.0345. The van der Waals surface area contributed by atoms with Gasteiger partial charge in [-0.1, -0.05) is 28.1 Å². The lowest BCUT2D eigenvalue weighted by Gasteiger charge is -2.49. The molecule has 2 atom stereocenters. The van der Waals surface area contributed by atoms with Gasteiger partial charge in [-0.2, -0.15) is 0 Å². The number of nitrogens with zero attached hydrogens (tertiary/aromatic N) is 3. The molecule has 1 saturated heterocycles. The summed E-state index contributed by atoms with van der Waals surface area (Å²) in [6.07, 6.45) is 0. The Labute approximate surface area is 186 Å². The molecule has 16 heteroatoms. The molecule has 8 N–H and O–H groups in total. The van der Waals surface area contributed by atoms with Crippen molar-refractivity contribution in [1.82, 2.24) is 15.2 Å². The minimum absolute atomic E-state index is 0.0345. The van der Waals surface area contributed by atoms with Crippen LogP contribution in [0.5, 0.6) is 0 Å². The van der Waals surface area contributed by atoms with Gasteiger partial charge in [-0.25, -0.2) is 9.78 Å². The first-order chi connectivity index (χ1) is 14.1. The number of oxime groups is 1. The van der Waals surface area contributed by atoms with Gasteiger partial charge in [0.25, 0.3) is 11.8 Å². The number of anilines is 1. The van der Waals surface area contributed by atoms with Crippen molar-refractivity contribution in [2.24, 2.45) is 10.9 Å². The second-order valence-corrected chi connectivity index (χ2v) is 9.68. The largest absolute Gasteiger partial charge is 0.477 e.